The third kappa shape index (κ3) is 74.5. The molecule has 0 aromatic heterocycles. The van der Waals surface area contributed by atoms with Crippen LogP contribution in [0.2, 0.25) is 0 Å². The van der Waals surface area contributed by atoms with Crippen molar-refractivity contribution in [3.05, 3.63) is 0 Å². The Labute approximate surface area is 417 Å². The van der Waals surface area contributed by atoms with Gasteiger partial charge in [0.1, 0.15) is 0 Å². The highest BCUT2D eigenvalue weighted by Gasteiger charge is 2.03. The molecular weight excluding hydrogens is 809 g/mol. The average molecular weight is 936 g/mol. The minimum Gasteiger partial charge on any atom is -0.481 e. The van der Waals surface area contributed by atoms with Crippen LogP contribution >= 0.6 is 0 Å². The minimum absolute atomic E-state index is 0.343. The molecule has 0 aromatic carbocycles. The molecule has 66 heavy (non-hydrogen) atoms. The van der Waals surface area contributed by atoms with E-state index in [4.69, 9.17) is 10.2 Å². The van der Waals surface area contributed by atoms with Gasteiger partial charge < -0.3 is 10.2 Å². The van der Waals surface area contributed by atoms with Gasteiger partial charge in [-0.15, -0.1) is 0 Å². The van der Waals surface area contributed by atoms with E-state index in [1.54, 1.807) is 0 Å². The van der Waals surface area contributed by atoms with Crippen molar-refractivity contribution in [3.8, 4) is 0 Å². The molecule has 0 aromatic rings. The Kier molecular flexibility index (Phi) is 69.2. The van der Waals surface area contributed by atoms with E-state index in [1.807, 2.05) is 0 Å². The van der Waals surface area contributed by atoms with Crippen molar-refractivity contribution >= 4 is 11.9 Å². The summed E-state index contributed by atoms with van der Waals surface area (Å²) < 4.78 is 0. The van der Waals surface area contributed by atoms with Crippen LogP contribution in [-0.2, 0) is 9.59 Å². The van der Waals surface area contributed by atoms with E-state index in [9.17, 15) is 9.59 Å². The van der Waals surface area contributed by atoms with E-state index in [-0.39, 0.29) is 0 Å². The molecule has 2 N–H and O–H groups in total. The zero-order valence-corrected chi connectivity index (χ0v) is 46.5. The van der Waals surface area contributed by atoms with Crippen LogP contribution in [0.3, 0.4) is 0 Å². The second kappa shape index (κ2) is 66.0. The highest BCUT2D eigenvalue weighted by molar-refractivity contribution is 5.66. The lowest BCUT2D eigenvalue weighted by atomic mass is 9.95. The number of hydrogen-bond donors (Lipinski definition) is 2. The van der Waals surface area contributed by atoms with Crippen LogP contribution in [0.5, 0.6) is 0 Å². The SMILES string of the molecule is CCCCCCCCCCCC(=O)O.CCCCCCCCCCCC(=O)O.CCCCCCCCCCCCCCCCCCC(C)CCCCCCCCCCCCCCCCCC. The fourth-order valence-electron chi connectivity index (χ4n) is 9.40. The Hall–Kier alpha value is -1.06. The summed E-state index contributed by atoms with van der Waals surface area (Å²) in [6, 6.07) is 0. The van der Waals surface area contributed by atoms with E-state index in [2.05, 4.69) is 34.6 Å². The van der Waals surface area contributed by atoms with Gasteiger partial charge in [0.2, 0.25) is 0 Å². The molecule has 0 saturated heterocycles. The van der Waals surface area contributed by atoms with E-state index in [0.29, 0.717) is 12.8 Å². The Morgan fingerprint density at radius 3 is 0.530 bits per heavy atom. The first-order chi connectivity index (χ1) is 32.3. The van der Waals surface area contributed by atoms with Gasteiger partial charge in [-0.2, -0.15) is 0 Å². The topological polar surface area (TPSA) is 74.6 Å². The molecule has 0 fully saturated rings. The van der Waals surface area contributed by atoms with E-state index in [1.165, 1.54) is 308 Å². The number of aliphatic carboxylic acids is 2. The van der Waals surface area contributed by atoms with Crippen molar-refractivity contribution in [3.63, 3.8) is 0 Å². The van der Waals surface area contributed by atoms with Gasteiger partial charge in [-0.05, 0) is 18.8 Å². The lowest BCUT2D eigenvalue weighted by Gasteiger charge is -2.11. The van der Waals surface area contributed by atoms with Gasteiger partial charge in [0.05, 0.1) is 0 Å². The van der Waals surface area contributed by atoms with Gasteiger partial charge in [-0.3, -0.25) is 9.59 Å². The van der Waals surface area contributed by atoms with Crippen molar-refractivity contribution < 1.29 is 19.8 Å². The summed E-state index contributed by atoms with van der Waals surface area (Å²) >= 11 is 0. The van der Waals surface area contributed by atoms with Crippen molar-refractivity contribution in [2.75, 3.05) is 0 Å². The van der Waals surface area contributed by atoms with Crippen LogP contribution in [-0.4, -0.2) is 22.2 Å². The Bertz CT molecular complexity index is 789. The number of hydrogen-bond acceptors (Lipinski definition) is 2. The molecule has 0 rings (SSSR count). The minimum atomic E-state index is -0.659. The predicted molar refractivity (Wildman–Crippen MR) is 296 cm³/mol. The normalized spacial score (nSPS) is 11.1. The van der Waals surface area contributed by atoms with Crippen molar-refractivity contribution in [2.45, 2.75) is 381 Å². The summed E-state index contributed by atoms with van der Waals surface area (Å²) in [5.41, 5.74) is 0. The molecule has 0 amide bonds. The summed E-state index contributed by atoms with van der Waals surface area (Å²) in [7, 11) is 0. The molecule has 0 aliphatic rings. The molecule has 0 atom stereocenters. The molecule has 0 heterocycles. The summed E-state index contributed by atoms with van der Waals surface area (Å²) in [5, 5.41) is 16.8. The van der Waals surface area contributed by atoms with Crippen LogP contribution in [0.1, 0.15) is 381 Å². The highest BCUT2D eigenvalue weighted by Crippen LogP contribution is 2.20. The summed E-state index contributed by atoms with van der Waals surface area (Å²) in [4.78, 5) is 20.4. The van der Waals surface area contributed by atoms with Gasteiger partial charge in [-0.1, -0.05) is 356 Å². The molecule has 0 bridgehead atoms. The van der Waals surface area contributed by atoms with E-state index >= 15 is 0 Å². The summed E-state index contributed by atoms with van der Waals surface area (Å²) in [6.07, 6.45) is 73.2. The van der Waals surface area contributed by atoms with E-state index < -0.39 is 11.9 Å². The average Bonchev–Trinajstić information content (AvgIpc) is 3.30. The maximum Gasteiger partial charge on any atom is 0.303 e. The molecule has 0 radical (unpaired) electrons. The number of carboxylic acid groups (broad SMARTS) is 2. The predicted octanol–water partition coefficient (Wildman–Crippen LogP) is 22.9. The summed E-state index contributed by atoms with van der Waals surface area (Å²) in [5.74, 6) is -0.353. The molecule has 0 aliphatic carbocycles. The van der Waals surface area contributed by atoms with Gasteiger partial charge in [0, 0.05) is 12.8 Å². The van der Waals surface area contributed by atoms with Crippen molar-refractivity contribution in [1.82, 2.24) is 0 Å². The first kappa shape index (κ1) is 69.2. The maximum absolute atomic E-state index is 10.2. The first-order valence-electron chi connectivity index (χ1n) is 30.8. The molecular formula is C62H126O4. The third-order valence-corrected chi connectivity index (χ3v) is 14.1. The van der Waals surface area contributed by atoms with Crippen LogP contribution in [0.25, 0.3) is 0 Å². The van der Waals surface area contributed by atoms with Gasteiger partial charge in [-0.25, -0.2) is 0 Å². The molecule has 0 spiro atoms. The standard InChI is InChI=1S/C38H78.2C12H24O2/c1-4-6-8-10-12-14-16-18-20-22-24-26-28-30-32-34-36-38(3)37-35-33-31-29-27-25-23-21-19-17-15-13-11-9-7-5-2;2*1-2-3-4-5-6-7-8-9-10-11-12(13)14/h38H,4-37H2,1-3H3;2*2-11H2,1H3,(H,13,14). The van der Waals surface area contributed by atoms with E-state index in [0.717, 1.165) is 31.6 Å². The second-order valence-electron chi connectivity index (χ2n) is 21.2. The molecule has 0 saturated carbocycles. The molecule has 398 valence electrons. The Morgan fingerprint density at radius 1 is 0.242 bits per heavy atom. The fourth-order valence-corrected chi connectivity index (χ4v) is 9.40. The number of carbonyl (C=O) groups is 2. The largest absolute Gasteiger partial charge is 0.481 e. The van der Waals surface area contributed by atoms with Crippen LogP contribution in [0, 0.1) is 5.92 Å². The van der Waals surface area contributed by atoms with Crippen molar-refractivity contribution in [1.29, 1.82) is 0 Å². The second-order valence-corrected chi connectivity index (χ2v) is 21.2. The van der Waals surface area contributed by atoms with Gasteiger partial charge >= 0.3 is 11.9 Å². The zero-order valence-electron chi connectivity index (χ0n) is 46.5. The highest BCUT2D eigenvalue weighted by atomic mass is 16.4. The number of rotatable bonds is 54. The first-order valence-corrected chi connectivity index (χ1v) is 30.8. The smallest absolute Gasteiger partial charge is 0.303 e. The Morgan fingerprint density at radius 2 is 0.379 bits per heavy atom. The summed E-state index contributed by atoms with van der Waals surface area (Å²) in [6.45, 7) is 11.6. The number of unbranched alkanes of at least 4 members (excludes halogenated alkanes) is 46. The zero-order chi connectivity index (χ0) is 48.9. The third-order valence-electron chi connectivity index (χ3n) is 14.1. The lowest BCUT2D eigenvalue weighted by molar-refractivity contribution is -0.138. The van der Waals surface area contributed by atoms with Crippen LogP contribution < -0.4 is 0 Å². The van der Waals surface area contributed by atoms with Gasteiger partial charge in [0.25, 0.3) is 0 Å². The van der Waals surface area contributed by atoms with Crippen LogP contribution in [0.4, 0.5) is 0 Å². The molecule has 0 unspecified atom stereocenters. The number of carboxylic acids is 2. The van der Waals surface area contributed by atoms with Crippen molar-refractivity contribution in [2.24, 2.45) is 5.92 Å². The Balaban J connectivity index is -0.00000115. The monoisotopic (exact) mass is 935 g/mol. The quantitative estimate of drug-likeness (QED) is 0.0596. The van der Waals surface area contributed by atoms with Gasteiger partial charge in [0.15, 0.2) is 0 Å². The lowest BCUT2D eigenvalue weighted by Crippen LogP contribution is -1.95. The fraction of sp³-hybridized carbons (Fsp3) is 0.968. The van der Waals surface area contributed by atoms with Crippen LogP contribution in [0.15, 0.2) is 0 Å². The molecule has 0 aliphatic heterocycles. The molecule has 4 heteroatoms. The molecule has 4 nitrogen and oxygen atoms in total. The maximum atomic E-state index is 10.2.